The van der Waals surface area contributed by atoms with E-state index >= 15 is 0 Å². The summed E-state index contributed by atoms with van der Waals surface area (Å²) in [6.45, 7) is 6.15. The summed E-state index contributed by atoms with van der Waals surface area (Å²) in [7, 11) is 1.79. The van der Waals surface area contributed by atoms with Crippen LogP contribution in [-0.2, 0) is 13.6 Å². The van der Waals surface area contributed by atoms with E-state index < -0.39 is 0 Å². The summed E-state index contributed by atoms with van der Waals surface area (Å²) in [5.74, 6) is 1.14. The predicted molar refractivity (Wildman–Crippen MR) is 71.9 cm³/mol. The van der Waals surface area contributed by atoms with Gasteiger partial charge in [0.15, 0.2) is 0 Å². The number of aromatic nitrogens is 4. The number of ether oxygens (including phenoxy) is 1. The SMILES string of the molecule is CC(C)CNCc1ccnc(Oc2ncn(C)n2)c1. The molecule has 102 valence electrons. The van der Waals surface area contributed by atoms with Crippen molar-refractivity contribution < 1.29 is 4.74 Å². The molecule has 0 atom stereocenters. The number of hydrogen-bond acceptors (Lipinski definition) is 5. The zero-order chi connectivity index (χ0) is 13.7. The molecule has 0 aliphatic rings. The van der Waals surface area contributed by atoms with Gasteiger partial charge in [-0.05, 0) is 24.1 Å². The van der Waals surface area contributed by atoms with Crippen LogP contribution >= 0.6 is 0 Å². The van der Waals surface area contributed by atoms with Gasteiger partial charge in [-0.25, -0.2) is 4.98 Å². The summed E-state index contributed by atoms with van der Waals surface area (Å²) in [4.78, 5) is 8.15. The van der Waals surface area contributed by atoms with Crippen LogP contribution in [0.1, 0.15) is 19.4 Å². The maximum Gasteiger partial charge on any atom is 0.342 e. The number of pyridine rings is 1. The fourth-order valence-electron chi connectivity index (χ4n) is 1.58. The number of rotatable bonds is 6. The Morgan fingerprint density at radius 3 is 2.89 bits per heavy atom. The highest BCUT2D eigenvalue weighted by Gasteiger charge is 2.04. The van der Waals surface area contributed by atoms with Crippen LogP contribution in [0.15, 0.2) is 24.7 Å². The lowest BCUT2D eigenvalue weighted by molar-refractivity contribution is 0.421. The first-order valence-corrected chi connectivity index (χ1v) is 6.32. The second-order valence-corrected chi connectivity index (χ2v) is 4.83. The number of hydrogen-bond donors (Lipinski definition) is 1. The first kappa shape index (κ1) is 13.5. The van der Waals surface area contributed by atoms with Gasteiger partial charge < -0.3 is 10.1 Å². The molecule has 0 fully saturated rings. The molecule has 0 bridgehead atoms. The van der Waals surface area contributed by atoms with E-state index in [2.05, 4.69) is 34.2 Å². The standard InChI is InChI=1S/C13H19N5O/c1-10(2)7-14-8-11-4-5-15-12(6-11)19-13-16-9-18(3)17-13/h4-6,9-10,14H,7-8H2,1-3H3. The molecule has 0 amide bonds. The molecule has 2 aromatic rings. The minimum atomic E-state index is 0.308. The van der Waals surface area contributed by atoms with E-state index in [9.17, 15) is 0 Å². The summed E-state index contributed by atoms with van der Waals surface area (Å²) in [5, 5.41) is 7.43. The van der Waals surface area contributed by atoms with Crippen LogP contribution in [0.3, 0.4) is 0 Å². The van der Waals surface area contributed by atoms with Gasteiger partial charge >= 0.3 is 6.01 Å². The van der Waals surface area contributed by atoms with Gasteiger partial charge in [0.2, 0.25) is 5.88 Å². The average Bonchev–Trinajstić information content (AvgIpc) is 2.75. The quantitative estimate of drug-likeness (QED) is 0.858. The lowest BCUT2D eigenvalue weighted by Gasteiger charge is -2.08. The van der Waals surface area contributed by atoms with Gasteiger partial charge in [0.25, 0.3) is 0 Å². The van der Waals surface area contributed by atoms with Crippen LogP contribution < -0.4 is 10.1 Å². The van der Waals surface area contributed by atoms with E-state index in [0.717, 1.165) is 18.7 Å². The molecule has 0 saturated carbocycles. The Labute approximate surface area is 112 Å². The van der Waals surface area contributed by atoms with Gasteiger partial charge in [-0.15, -0.1) is 5.10 Å². The maximum atomic E-state index is 5.49. The molecular formula is C13H19N5O. The fraction of sp³-hybridized carbons (Fsp3) is 0.462. The topological polar surface area (TPSA) is 64.9 Å². The molecule has 1 N–H and O–H groups in total. The lowest BCUT2D eigenvalue weighted by Crippen LogP contribution is -2.18. The van der Waals surface area contributed by atoms with Crippen LogP contribution in [0.4, 0.5) is 0 Å². The number of aryl methyl sites for hydroxylation is 1. The molecule has 2 rings (SSSR count). The van der Waals surface area contributed by atoms with Gasteiger partial charge in [-0.3, -0.25) is 4.68 Å². The molecule has 0 unspecified atom stereocenters. The highest BCUT2D eigenvalue weighted by molar-refractivity contribution is 5.22. The first-order valence-electron chi connectivity index (χ1n) is 6.32. The zero-order valence-electron chi connectivity index (χ0n) is 11.5. The summed E-state index contributed by atoms with van der Waals surface area (Å²) < 4.78 is 7.07. The van der Waals surface area contributed by atoms with Crippen molar-refractivity contribution in [2.75, 3.05) is 6.54 Å². The predicted octanol–water partition coefficient (Wildman–Crippen LogP) is 1.75. The highest BCUT2D eigenvalue weighted by atomic mass is 16.5. The number of nitrogens with zero attached hydrogens (tertiary/aromatic N) is 4. The van der Waals surface area contributed by atoms with E-state index in [1.807, 2.05) is 12.1 Å². The van der Waals surface area contributed by atoms with E-state index in [0.29, 0.717) is 17.8 Å². The van der Waals surface area contributed by atoms with Crippen molar-refractivity contribution in [1.29, 1.82) is 0 Å². The molecular weight excluding hydrogens is 242 g/mol. The van der Waals surface area contributed by atoms with Crippen molar-refractivity contribution in [1.82, 2.24) is 25.1 Å². The van der Waals surface area contributed by atoms with Gasteiger partial charge in [0, 0.05) is 25.9 Å². The average molecular weight is 261 g/mol. The van der Waals surface area contributed by atoms with Gasteiger partial charge in [-0.2, -0.15) is 4.98 Å². The minimum absolute atomic E-state index is 0.308. The Morgan fingerprint density at radius 2 is 2.21 bits per heavy atom. The highest BCUT2D eigenvalue weighted by Crippen LogP contribution is 2.15. The zero-order valence-corrected chi connectivity index (χ0v) is 11.5. The Hall–Kier alpha value is -1.95. The third-order valence-corrected chi connectivity index (χ3v) is 2.46. The van der Waals surface area contributed by atoms with Crippen molar-refractivity contribution in [2.45, 2.75) is 20.4 Å². The summed E-state index contributed by atoms with van der Waals surface area (Å²) in [5.41, 5.74) is 1.13. The molecule has 0 radical (unpaired) electrons. The third-order valence-electron chi connectivity index (χ3n) is 2.46. The van der Waals surface area contributed by atoms with Crippen LogP contribution in [0, 0.1) is 5.92 Å². The molecule has 0 aliphatic heterocycles. The van der Waals surface area contributed by atoms with E-state index in [-0.39, 0.29) is 0 Å². The Bertz CT molecular complexity index is 523. The maximum absolute atomic E-state index is 5.49. The molecule has 2 heterocycles. The second kappa shape index (κ2) is 6.29. The fourth-order valence-corrected chi connectivity index (χ4v) is 1.58. The molecule has 6 heteroatoms. The molecule has 0 saturated heterocycles. The summed E-state index contributed by atoms with van der Waals surface area (Å²) in [6, 6.07) is 4.16. The van der Waals surface area contributed by atoms with Crippen LogP contribution in [-0.4, -0.2) is 26.3 Å². The van der Waals surface area contributed by atoms with Crippen molar-refractivity contribution in [3.63, 3.8) is 0 Å². The Kier molecular flexibility index (Phi) is 4.46. The second-order valence-electron chi connectivity index (χ2n) is 4.83. The van der Waals surface area contributed by atoms with Crippen molar-refractivity contribution in [2.24, 2.45) is 13.0 Å². The largest absolute Gasteiger partial charge is 0.404 e. The van der Waals surface area contributed by atoms with Gasteiger partial charge in [0.1, 0.15) is 6.33 Å². The molecule has 0 aliphatic carbocycles. The van der Waals surface area contributed by atoms with E-state index in [4.69, 9.17) is 4.74 Å². The molecule has 0 spiro atoms. The van der Waals surface area contributed by atoms with Crippen LogP contribution in [0.2, 0.25) is 0 Å². The first-order chi connectivity index (χ1) is 9.13. The Morgan fingerprint density at radius 1 is 1.37 bits per heavy atom. The third kappa shape index (κ3) is 4.33. The van der Waals surface area contributed by atoms with E-state index in [1.165, 1.54) is 0 Å². The number of nitrogens with one attached hydrogen (secondary N) is 1. The molecule has 6 nitrogen and oxygen atoms in total. The van der Waals surface area contributed by atoms with Crippen molar-refractivity contribution >= 4 is 0 Å². The molecule has 0 aromatic carbocycles. The summed E-state index contributed by atoms with van der Waals surface area (Å²) in [6.07, 6.45) is 3.31. The van der Waals surface area contributed by atoms with E-state index in [1.54, 1.807) is 24.3 Å². The smallest absolute Gasteiger partial charge is 0.342 e. The Balaban J connectivity index is 1.95. The minimum Gasteiger partial charge on any atom is -0.404 e. The molecule has 19 heavy (non-hydrogen) atoms. The van der Waals surface area contributed by atoms with Gasteiger partial charge in [0.05, 0.1) is 0 Å². The van der Waals surface area contributed by atoms with Crippen LogP contribution in [0.25, 0.3) is 0 Å². The normalized spacial score (nSPS) is 10.9. The van der Waals surface area contributed by atoms with Crippen molar-refractivity contribution in [3.8, 4) is 11.9 Å². The monoisotopic (exact) mass is 261 g/mol. The van der Waals surface area contributed by atoms with Gasteiger partial charge in [-0.1, -0.05) is 13.8 Å². The molecule has 2 aromatic heterocycles. The van der Waals surface area contributed by atoms with Crippen LogP contribution in [0.5, 0.6) is 11.9 Å². The lowest BCUT2D eigenvalue weighted by atomic mass is 10.2. The summed E-state index contributed by atoms with van der Waals surface area (Å²) >= 11 is 0. The van der Waals surface area contributed by atoms with Crippen molar-refractivity contribution in [3.05, 3.63) is 30.2 Å².